The maximum atomic E-state index is 13.9. The fourth-order valence-electron chi connectivity index (χ4n) is 1.96. The summed E-state index contributed by atoms with van der Waals surface area (Å²) in [5.74, 6) is -1.23. The minimum absolute atomic E-state index is 0.0743. The number of benzene rings is 1. The molecule has 0 atom stereocenters. The van der Waals surface area contributed by atoms with Gasteiger partial charge < -0.3 is 15.7 Å². The number of hydrogen-bond acceptors (Lipinski definition) is 4. The number of hydrogen-bond donors (Lipinski definition) is 2. The molecule has 0 saturated carbocycles. The maximum Gasteiger partial charge on any atom is 0.262 e. The zero-order valence-corrected chi connectivity index (χ0v) is 11.4. The van der Waals surface area contributed by atoms with E-state index in [4.69, 9.17) is 5.73 Å². The van der Waals surface area contributed by atoms with Gasteiger partial charge in [0.05, 0.1) is 17.4 Å². The van der Waals surface area contributed by atoms with Crippen LogP contribution >= 0.6 is 0 Å². The van der Waals surface area contributed by atoms with Crippen molar-refractivity contribution in [2.24, 2.45) is 5.73 Å². The van der Waals surface area contributed by atoms with Crippen molar-refractivity contribution < 1.29 is 14.3 Å². The number of halogens is 1. The second-order valence-electron chi connectivity index (χ2n) is 4.44. The molecule has 0 fully saturated rings. The molecular weight excluding hydrogens is 273 g/mol. The molecule has 0 spiro atoms. The van der Waals surface area contributed by atoms with Crippen molar-refractivity contribution in [2.75, 3.05) is 18.0 Å². The number of carbonyl (C=O) groups is 1. The molecule has 3 N–H and O–H groups in total. The second kappa shape index (κ2) is 6.81. The quantitative estimate of drug-likeness (QED) is 0.881. The summed E-state index contributed by atoms with van der Waals surface area (Å²) in [4.78, 5) is 17.6. The van der Waals surface area contributed by atoms with Crippen LogP contribution in [0.2, 0.25) is 0 Å². The van der Waals surface area contributed by atoms with E-state index in [9.17, 15) is 14.3 Å². The summed E-state index contributed by atoms with van der Waals surface area (Å²) in [5, 5.41) is 9.74. The SMILES string of the molecule is NCCCN(C(=O)c1ccncc1O)c1ccccc1F. The van der Waals surface area contributed by atoms with Crippen LogP contribution in [-0.2, 0) is 0 Å². The van der Waals surface area contributed by atoms with Crippen LogP contribution in [0.4, 0.5) is 10.1 Å². The Labute approximate surface area is 121 Å². The monoisotopic (exact) mass is 289 g/mol. The molecule has 2 rings (SSSR count). The average molecular weight is 289 g/mol. The first-order valence-corrected chi connectivity index (χ1v) is 6.54. The summed E-state index contributed by atoms with van der Waals surface area (Å²) in [6.07, 6.45) is 3.09. The number of nitrogens with zero attached hydrogens (tertiary/aromatic N) is 2. The third kappa shape index (κ3) is 3.35. The number of nitrogens with two attached hydrogens (primary N) is 1. The molecule has 0 unspecified atom stereocenters. The standard InChI is InChI=1S/C15H16FN3O2/c16-12-4-1-2-5-13(12)19(9-3-7-17)15(21)11-6-8-18-10-14(11)20/h1-2,4-6,8,10,20H,3,7,9,17H2. The first-order chi connectivity index (χ1) is 10.1. The van der Waals surface area contributed by atoms with Crippen LogP contribution in [0, 0.1) is 5.82 Å². The predicted molar refractivity (Wildman–Crippen MR) is 77.6 cm³/mol. The van der Waals surface area contributed by atoms with Crippen molar-refractivity contribution in [3.05, 3.63) is 54.1 Å². The minimum atomic E-state index is -0.503. The lowest BCUT2D eigenvalue weighted by Gasteiger charge is -2.23. The van der Waals surface area contributed by atoms with Gasteiger partial charge in [0.15, 0.2) is 0 Å². The summed E-state index contributed by atoms with van der Waals surface area (Å²) in [6.45, 7) is 0.637. The van der Waals surface area contributed by atoms with E-state index in [1.54, 1.807) is 12.1 Å². The third-order valence-corrected chi connectivity index (χ3v) is 3.00. The van der Waals surface area contributed by atoms with E-state index >= 15 is 0 Å². The van der Waals surface area contributed by atoms with E-state index in [0.29, 0.717) is 13.0 Å². The number of carbonyl (C=O) groups excluding carboxylic acids is 1. The first-order valence-electron chi connectivity index (χ1n) is 6.54. The van der Waals surface area contributed by atoms with Crippen molar-refractivity contribution in [3.63, 3.8) is 0 Å². The molecule has 6 heteroatoms. The number of aromatic nitrogens is 1. The van der Waals surface area contributed by atoms with Crippen molar-refractivity contribution >= 4 is 11.6 Å². The molecule has 0 aliphatic rings. The average Bonchev–Trinajstić information content (AvgIpc) is 2.49. The van der Waals surface area contributed by atoms with E-state index in [2.05, 4.69) is 4.98 Å². The molecule has 5 nitrogen and oxygen atoms in total. The van der Waals surface area contributed by atoms with Gasteiger partial charge in [-0.2, -0.15) is 0 Å². The van der Waals surface area contributed by atoms with Crippen LogP contribution in [0.1, 0.15) is 16.8 Å². The van der Waals surface area contributed by atoms with Gasteiger partial charge in [-0.05, 0) is 31.2 Å². The minimum Gasteiger partial charge on any atom is -0.505 e. The number of para-hydroxylation sites is 1. The molecule has 2 aromatic rings. The van der Waals surface area contributed by atoms with Crippen LogP contribution in [-0.4, -0.2) is 29.1 Å². The van der Waals surface area contributed by atoms with Gasteiger partial charge in [-0.25, -0.2) is 4.39 Å². The largest absolute Gasteiger partial charge is 0.505 e. The van der Waals surface area contributed by atoms with Gasteiger partial charge in [0, 0.05) is 12.7 Å². The number of anilines is 1. The molecule has 0 saturated heterocycles. The number of rotatable bonds is 5. The molecule has 110 valence electrons. The maximum absolute atomic E-state index is 13.9. The lowest BCUT2D eigenvalue weighted by Crippen LogP contribution is -2.33. The van der Waals surface area contributed by atoms with Crippen LogP contribution in [0.25, 0.3) is 0 Å². The molecular formula is C15H16FN3O2. The Balaban J connectivity index is 2.39. The summed E-state index contributed by atoms with van der Waals surface area (Å²) in [5.41, 5.74) is 5.70. The fourth-order valence-corrected chi connectivity index (χ4v) is 1.96. The van der Waals surface area contributed by atoms with Crippen LogP contribution in [0.15, 0.2) is 42.7 Å². The van der Waals surface area contributed by atoms with Crippen LogP contribution in [0.5, 0.6) is 5.75 Å². The normalized spacial score (nSPS) is 10.4. The van der Waals surface area contributed by atoms with Crippen molar-refractivity contribution in [2.45, 2.75) is 6.42 Å². The van der Waals surface area contributed by atoms with E-state index in [-0.39, 0.29) is 23.5 Å². The van der Waals surface area contributed by atoms with E-state index in [1.165, 1.54) is 35.5 Å². The topological polar surface area (TPSA) is 79.5 Å². The highest BCUT2D eigenvalue weighted by Gasteiger charge is 2.22. The molecule has 0 aliphatic carbocycles. The molecule has 1 aromatic heterocycles. The first kappa shape index (κ1) is 14.9. The lowest BCUT2D eigenvalue weighted by molar-refractivity contribution is 0.0983. The summed E-state index contributed by atoms with van der Waals surface area (Å²) in [7, 11) is 0. The molecule has 1 heterocycles. The summed E-state index contributed by atoms with van der Waals surface area (Å²) in [6, 6.07) is 7.39. The second-order valence-corrected chi connectivity index (χ2v) is 4.44. The Kier molecular flexibility index (Phi) is 4.84. The van der Waals surface area contributed by atoms with Gasteiger partial charge in [-0.15, -0.1) is 0 Å². The molecule has 0 aliphatic heterocycles. The number of aromatic hydroxyl groups is 1. The zero-order chi connectivity index (χ0) is 15.2. The summed E-state index contributed by atoms with van der Waals surface area (Å²) >= 11 is 0. The van der Waals surface area contributed by atoms with Gasteiger partial charge in [0.1, 0.15) is 11.6 Å². The number of pyridine rings is 1. The van der Waals surface area contributed by atoms with E-state index in [1.807, 2.05) is 0 Å². The van der Waals surface area contributed by atoms with Gasteiger partial charge in [0.2, 0.25) is 0 Å². The van der Waals surface area contributed by atoms with E-state index < -0.39 is 11.7 Å². The van der Waals surface area contributed by atoms with Crippen LogP contribution < -0.4 is 10.6 Å². The molecule has 1 aromatic carbocycles. The molecule has 21 heavy (non-hydrogen) atoms. The lowest BCUT2D eigenvalue weighted by atomic mass is 10.1. The highest BCUT2D eigenvalue weighted by Crippen LogP contribution is 2.24. The molecule has 0 radical (unpaired) electrons. The molecule has 1 amide bonds. The van der Waals surface area contributed by atoms with Crippen molar-refractivity contribution in [3.8, 4) is 5.75 Å². The van der Waals surface area contributed by atoms with Gasteiger partial charge >= 0.3 is 0 Å². The van der Waals surface area contributed by atoms with Crippen molar-refractivity contribution in [1.29, 1.82) is 0 Å². The molecule has 0 bridgehead atoms. The highest BCUT2D eigenvalue weighted by molar-refractivity contribution is 6.07. The fraction of sp³-hybridized carbons (Fsp3) is 0.200. The predicted octanol–water partition coefficient (Wildman–Crippen LogP) is 1.92. The Bertz CT molecular complexity index is 634. The zero-order valence-electron chi connectivity index (χ0n) is 11.4. The Morgan fingerprint density at radius 3 is 2.76 bits per heavy atom. The third-order valence-electron chi connectivity index (χ3n) is 3.00. The van der Waals surface area contributed by atoms with Gasteiger partial charge in [-0.3, -0.25) is 9.78 Å². The summed E-state index contributed by atoms with van der Waals surface area (Å²) < 4.78 is 13.9. The number of amides is 1. The van der Waals surface area contributed by atoms with Crippen molar-refractivity contribution in [1.82, 2.24) is 4.98 Å². The highest BCUT2D eigenvalue weighted by atomic mass is 19.1. The Morgan fingerprint density at radius 2 is 2.10 bits per heavy atom. The Hall–Kier alpha value is -2.47. The smallest absolute Gasteiger partial charge is 0.262 e. The Morgan fingerprint density at radius 1 is 1.33 bits per heavy atom. The van der Waals surface area contributed by atoms with Crippen LogP contribution in [0.3, 0.4) is 0 Å². The van der Waals surface area contributed by atoms with Gasteiger partial charge in [-0.1, -0.05) is 12.1 Å². The van der Waals surface area contributed by atoms with E-state index in [0.717, 1.165) is 0 Å². The van der Waals surface area contributed by atoms with Gasteiger partial charge in [0.25, 0.3) is 5.91 Å².